The SMILES string of the molecule is COc1ccccc1-c1ccncc1C(=O)OCc1ccccc1. The number of hydrogen-bond acceptors (Lipinski definition) is 4. The molecule has 0 radical (unpaired) electrons. The van der Waals surface area contributed by atoms with Gasteiger partial charge in [0.05, 0.1) is 12.7 Å². The van der Waals surface area contributed by atoms with Crippen LogP contribution in [-0.2, 0) is 11.3 Å². The van der Waals surface area contributed by atoms with E-state index in [1.807, 2.05) is 54.6 Å². The van der Waals surface area contributed by atoms with Gasteiger partial charge >= 0.3 is 5.97 Å². The fourth-order valence-electron chi connectivity index (χ4n) is 2.46. The second kappa shape index (κ2) is 7.42. The normalized spacial score (nSPS) is 10.2. The molecule has 0 N–H and O–H groups in total. The molecule has 0 fully saturated rings. The van der Waals surface area contributed by atoms with E-state index in [9.17, 15) is 4.79 Å². The van der Waals surface area contributed by atoms with Gasteiger partial charge in [0, 0.05) is 23.5 Å². The van der Waals surface area contributed by atoms with Gasteiger partial charge in [-0.1, -0.05) is 48.5 Å². The van der Waals surface area contributed by atoms with Crippen molar-refractivity contribution in [1.29, 1.82) is 0 Å². The first-order valence-corrected chi connectivity index (χ1v) is 7.58. The number of carbonyl (C=O) groups is 1. The third-order valence-electron chi connectivity index (χ3n) is 3.65. The van der Waals surface area contributed by atoms with Gasteiger partial charge in [-0.2, -0.15) is 0 Å². The molecule has 1 aromatic heterocycles. The first kappa shape index (κ1) is 15.7. The largest absolute Gasteiger partial charge is 0.496 e. The van der Waals surface area contributed by atoms with Gasteiger partial charge in [0.15, 0.2) is 0 Å². The molecule has 0 saturated heterocycles. The van der Waals surface area contributed by atoms with Crippen LogP contribution in [0.15, 0.2) is 73.1 Å². The molecular weight excluding hydrogens is 302 g/mol. The zero-order chi connectivity index (χ0) is 16.8. The lowest BCUT2D eigenvalue weighted by molar-refractivity contribution is 0.0473. The Morgan fingerprint density at radius 3 is 2.50 bits per heavy atom. The predicted molar refractivity (Wildman–Crippen MR) is 91.8 cm³/mol. The van der Waals surface area contributed by atoms with E-state index in [2.05, 4.69) is 4.98 Å². The number of aromatic nitrogens is 1. The van der Waals surface area contributed by atoms with Gasteiger partial charge in [0.1, 0.15) is 12.4 Å². The Morgan fingerprint density at radius 2 is 1.71 bits per heavy atom. The number of pyridine rings is 1. The molecule has 0 saturated carbocycles. The number of rotatable bonds is 5. The van der Waals surface area contributed by atoms with Crippen LogP contribution in [-0.4, -0.2) is 18.1 Å². The molecule has 3 aromatic rings. The number of carbonyl (C=O) groups excluding carboxylic acids is 1. The van der Waals surface area contributed by atoms with Crippen molar-refractivity contribution in [2.75, 3.05) is 7.11 Å². The minimum absolute atomic E-state index is 0.222. The molecule has 0 amide bonds. The molecule has 4 nitrogen and oxygen atoms in total. The van der Waals surface area contributed by atoms with Gasteiger partial charge in [-0.05, 0) is 17.7 Å². The third-order valence-corrected chi connectivity index (χ3v) is 3.65. The molecule has 24 heavy (non-hydrogen) atoms. The summed E-state index contributed by atoms with van der Waals surface area (Å²) in [7, 11) is 1.60. The van der Waals surface area contributed by atoms with E-state index in [0.29, 0.717) is 11.3 Å². The van der Waals surface area contributed by atoms with Crippen molar-refractivity contribution in [3.05, 3.63) is 84.2 Å². The molecule has 0 aliphatic heterocycles. The number of esters is 1. The topological polar surface area (TPSA) is 48.4 Å². The minimum atomic E-state index is -0.409. The van der Waals surface area contributed by atoms with Gasteiger partial charge in [-0.15, -0.1) is 0 Å². The molecule has 120 valence electrons. The Morgan fingerprint density at radius 1 is 0.958 bits per heavy atom. The smallest absolute Gasteiger partial charge is 0.340 e. The van der Waals surface area contributed by atoms with Crippen molar-refractivity contribution in [1.82, 2.24) is 4.98 Å². The molecule has 1 heterocycles. The van der Waals surface area contributed by atoms with Gasteiger partial charge < -0.3 is 9.47 Å². The van der Waals surface area contributed by atoms with E-state index in [0.717, 1.165) is 16.7 Å². The first-order valence-electron chi connectivity index (χ1n) is 7.58. The lowest BCUT2D eigenvalue weighted by atomic mass is 10.0. The maximum absolute atomic E-state index is 12.5. The van der Waals surface area contributed by atoms with Crippen molar-refractivity contribution in [3.8, 4) is 16.9 Å². The maximum Gasteiger partial charge on any atom is 0.340 e. The van der Waals surface area contributed by atoms with Gasteiger partial charge in [-0.25, -0.2) is 4.79 Å². The van der Waals surface area contributed by atoms with Crippen LogP contribution in [0.5, 0.6) is 5.75 Å². The highest BCUT2D eigenvalue weighted by Gasteiger charge is 2.17. The Bertz CT molecular complexity index is 831. The summed E-state index contributed by atoms with van der Waals surface area (Å²) < 4.78 is 10.8. The number of methoxy groups -OCH3 is 1. The Labute approximate surface area is 140 Å². The standard InChI is InChI=1S/C20H17NO3/c1-23-19-10-6-5-9-17(19)16-11-12-21-13-18(16)20(22)24-14-15-7-3-2-4-8-15/h2-13H,14H2,1H3. The van der Waals surface area contributed by atoms with Crippen molar-refractivity contribution in [2.24, 2.45) is 0 Å². The van der Waals surface area contributed by atoms with Crippen molar-refractivity contribution < 1.29 is 14.3 Å². The van der Waals surface area contributed by atoms with E-state index in [1.165, 1.54) is 6.20 Å². The molecule has 4 heteroatoms. The second-order valence-corrected chi connectivity index (χ2v) is 5.18. The summed E-state index contributed by atoms with van der Waals surface area (Å²) >= 11 is 0. The van der Waals surface area contributed by atoms with Gasteiger partial charge in [-0.3, -0.25) is 4.98 Å². The fraction of sp³-hybridized carbons (Fsp3) is 0.100. The van der Waals surface area contributed by atoms with E-state index in [-0.39, 0.29) is 6.61 Å². The van der Waals surface area contributed by atoms with Crippen molar-refractivity contribution in [3.63, 3.8) is 0 Å². The summed E-state index contributed by atoms with van der Waals surface area (Å²) in [5, 5.41) is 0. The molecule has 2 aromatic carbocycles. The van der Waals surface area contributed by atoms with E-state index < -0.39 is 5.97 Å². The molecule has 0 aliphatic rings. The average Bonchev–Trinajstić information content (AvgIpc) is 2.67. The monoisotopic (exact) mass is 319 g/mol. The van der Waals surface area contributed by atoms with Crippen LogP contribution >= 0.6 is 0 Å². The molecule has 0 bridgehead atoms. The van der Waals surface area contributed by atoms with Crippen molar-refractivity contribution in [2.45, 2.75) is 6.61 Å². The average molecular weight is 319 g/mol. The molecule has 0 spiro atoms. The summed E-state index contributed by atoms with van der Waals surface area (Å²) in [6, 6.07) is 18.9. The number of ether oxygens (including phenoxy) is 2. The van der Waals surface area contributed by atoms with Crippen LogP contribution in [0.25, 0.3) is 11.1 Å². The quantitative estimate of drug-likeness (QED) is 0.664. The van der Waals surface area contributed by atoms with E-state index >= 15 is 0 Å². The molecule has 0 atom stereocenters. The molecule has 0 unspecified atom stereocenters. The first-order chi connectivity index (χ1) is 11.8. The van der Waals surface area contributed by atoms with Gasteiger partial charge in [0.2, 0.25) is 0 Å². The Balaban J connectivity index is 1.87. The van der Waals surface area contributed by atoms with Crippen molar-refractivity contribution >= 4 is 5.97 Å². The van der Waals surface area contributed by atoms with Crippen LogP contribution in [0, 0.1) is 0 Å². The zero-order valence-corrected chi connectivity index (χ0v) is 13.3. The maximum atomic E-state index is 12.5. The highest BCUT2D eigenvalue weighted by Crippen LogP contribution is 2.32. The molecule has 3 rings (SSSR count). The van der Waals surface area contributed by atoms with Crippen LogP contribution in [0.3, 0.4) is 0 Å². The summed E-state index contributed by atoms with van der Waals surface area (Å²) in [5.41, 5.74) is 2.92. The number of para-hydroxylation sites is 1. The zero-order valence-electron chi connectivity index (χ0n) is 13.3. The number of benzene rings is 2. The third kappa shape index (κ3) is 3.43. The number of nitrogens with zero attached hydrogens (tertiary/aromatic N) is 1. The second-order valence-electron chi connectivity index (χ2n) is 5.18. The lowest BCUT2D eigenvalue weighted by Gasteiger charge is -2.12. The summed E-state index contributed by atoms with van der Waals surface area (Å²) in [5.74, 6) is 0.286. The predicted octanol–water partition coefficient (Wildman–Crippen LogP) is 4.11. The van der Waals surface area contributed by atoms with E-state index in [4.69, 9.17) is 9.47 Å². The summed E-state index contributed by atoms with van der Waals surface area (Å²) in [6.07, 6.45) is 3.17. The van der Waals surface area contributed by atoms with Crippen LogP contribution < -0.4 is 4.74 Å². The minimum Gasteiger partial charge on any atom is -0.496 e. The van der Waals surface area contributed by atoms with Crippen LogP contribution in [0.2, 0.25) is 0 Å². The van der Waals surface area contributed by atoms with Crippen LogP contribution in [0.1, 0.15) is 15.9 Å². The van der Waals surface area contributed by atoms with Gasteiger partial charge in [0.25, 0.3) is 0 Å². The Kier molecular flexibility index (Phi) is 4.87. The highest BCUT2D eigenvalue weighted by molar-refractivity contribution is 5.97. The highest BCUT2D eigenvalue weighted by atomic mass is 16.5. The number of hydrogen-bond donors (Lipinski definition) is 0. The summed E-state index contributed by atoms with van der Waals surface area (Å²) in [4.78, 5) is 16.6. The summed E-state index contributed by atoms with van der Waals surface area (Å²) in [6.45, 7) is 0.222. The van der Waals surface area contributed by atoms with Crippen LogP contribution in [0.4, 0.5) is 0 Å². The lowest BCUT2D eigenvalue weighted by Crippen LogP contribution is -2.07. The fourth-order valence-corrected chi connectivity index (χ4v) is 2.46. The van der Waals surface area contributed by atoms with E-state index in [1.54, 1.807) is 19.4 Å². The molecular formula is C20H17NO3. The molecule has 0 aliphatic carbocycles. The Hall–Kier alpha value is -3.14.